The molecule has 0 fully saturated rings. The van der Waals surface area contributed by atoms with E-state index in [4.69, 9.17) is 15.9 Å². The monoisotopic (exact) mass is 315 g/mol. The third-order valence-electron chi connectivity index (χ3n) is 3.29. The SMILES string of the molecule is CSc1c(Oc2cccc(C(=N)N)c2)c(F)cc2[nH]ccc12. The summed E-state index contributed by atoms with van der Waals surface area (Å²) < 4.78 is 20.1. The predicted octanol–water partition coefficient (Wildman–Crippen LogP) is 4.11. The summed E-state index contributed by atoms with van der Waals surface area (Å²) in [6, 6.07) is 10.1. The number of hydrogen-bond acceptors (Lipinski definition) is 3. The molecule has 1 aromatic heterocycles. The Morgan fingerprint density at radius 2 is 2.14 bits per heavy atom. The summed E-state index contributed by atoms with van der Waals surface area (Å²) in [4.78, 5) is 3.72. The Balaban J connectivity index is 2.08. The number of nitrogen functional groups attached to an aromatic ring is 1. The molecule has 2 aromatic carbocycles. The average Bonchev–Trinajstić information content (AvgIpc) is 2.96. The van der Waals surface area contributed by atoms with E-state index in [1.807, 2.05) is 12.3 Å². The first-order chi connectivity index (χ1) is 10.6. The van der Waals surface area contributed by atoms with E-state index in [0.717, 1.165) is 15.8 Å². The number of halogens is 1. The van der Waals surface area contributed by atoms with Gasteiger partial charge in [-0.3, -0.25) is 5.41 Å². The summed E-state index contributed by atoms with van der Waals surface area (Å²) in [6.07, 6.45) is 3.64. The number of aromatic amines is 1. The second-order valence-electron chi connectivity index (χ2n) is 4.70. The number of hydrogen-bond donors (Lipinski definition) is 3. The second-order valence-corrected chi connectivity index (χ2v) is 5.52. The van der Waals surface area contributed by atoms with E-state index < -0.39 is 5.82 Å². The normalized spacial score (nSPS) is 10.8. The Bertz CT molecular complexity index is 860. The molecule has 4 N–H and O–H groups in total. The van der Waals surface area contributed by atoms with Crippen molar-refractivity contribution >= 4 is 28.5 Å². The van der Waals surface area contributed by atoms with Crippen LogP contribution in [0, 0.1) is 11.2 Å². The molecule has 0 amide bonds. The molecule has 0 aliphatic rings. The summed E-state index contributed by atoms with van der Waals surface area (Å²) >= 11 is 1.42. The Morgan fingerprint density at radius 3 is 2.86 bits per heavy atom. The lowest BCUT2D eigenvalue weighted by molar-refractivity contribution is 0.432. The molecule has 0 saturated heterocycles. The first-order valence-corrected chi connectivity index (χ1v) is 7.78. The summed E-state index contributed by atoms with van der Waals surface area (Å²) in [6.45, 7) is 0. The molecule has 0 radical (unpaired) electrons. The minimum atomic E-state index is -0.437. The lowest BCUT2D eigenvalue weighted by Gasteiger charge is -2.12. The molecule has 22 heavy (non-hydrogen) atoms. The van der Waals surface area contributed by atoms with Crippen molar-refractivity contribution < 1.29 is 9.13 Å². The van der Waals surface area contributed by atoms with Gasteiger partial charge in [0.1, 0.15) is 11.6 Å². The van der Waals surface area contributed by atoms with Gasteiger partial charge in [0.2, 0.25) is 0 Å². The summed E-state index contributed by atoms with van der Waals surface area (Å²) in [5.74, 6) is 0.127. The number of ether oxygens (including phenoxy) is 1. The van der Waals surface area contributed by atoms with Crippen molar-refractivity contribution in [2.24, 2.45) is 5.73 Å². The number of rotatable bonds is 4. The van der Waals surface area contributed by atoms with Gasteiger partial charge >= 0.3 is 0 Å². The molecule has 0 aliphatic heterocycles. The number of nitrogens with one attached hydrogen (secondary N) is 2. The van der Waals surface area contributed by atoms with Crippen molar-refractivity contribution in [3.63, 3.8) is 0 Å². The van der Waals surface area contributed by atoms with Gasteiger partial charge in [0, 0.05) is 28.7 Å². The first kappa shape index (κ1) is 14.5. The standard InChI is InChI=1S/C16H14FN3OS/c1-22-15-11-5-6-20-13(11)8-12(17)14(15)21-10-4-2-3-9(7-10)16(18)19/h2-8,20H,1H3,(H3,18,19). The summed E-state index contributed by atoms with van der Waals surface area (Å²) in [5, 5.41) is 8.37. The molecule has 0 saturated carbocycles. The van der Waals surface area contributed by atoms with Crippen LogP contribution in [0.3, 0.4) is 0 Å². The maximum Gasteiger partial charge on any atom is 0.177 e. The van der Waals surface area contributed by atoms with Crippen molar-refractivity contribution in [2.45, 2.75) is 4.90 Å². The van der Waals surface area contributed by atoms with E-state index in [0.29, 0.717) is 11.3 Å². The van der Waals surface area contributed by atoms with Gasteiger partial charge in [0.15, 0.2) is 11.6 Å². The third-order valence-corrected chi connectivity index (χ3v) is 4.10. The zero-order valence-corrected chi connectivity index (χ0v) is 12.6. The van der Waals surface area contributed by atoms with Crippen LogP contribution in [0.25, 0.3) is 10.9 Å². The maximum absolute atomic E-state index is 14.4. The second kappa shape index (κ2) is 5.73. The number of amidine groups is 1. The molecule has 6 heteroatoms. The molecule has 1 heterocycles. The number of thioether (sulfide) groups is 1. The van der Waals surface area contributed by atoms with Crippen LogP contribution in [0.4, 0.5) is 4.39 Å². The molecule has 0 atom stereocenters. The largest absolute Gasteiger partial charge is 0.453 e. The van der Waals surface area contributed by atoms with Gasteiger partial charge in [-0.05, 0) is 24.5 Å². The lowest BCUT2D eigenvalue weighted by atomic mass is 10.2. The predicted molar refractivity (Wildman–Crippen MR) is 87.6 cm³/mol. The highest BCUT2D eigenvalue weighted by Gasteiger charge is 2.16. The van der Waals surface area contributed by atoms with Gasteiger partial charge < -0.3 is 15.5 Å². The summed E-state index contributed by atoms with van der Waals surface area (Å²) in [7, 11) is 0. The van der Waals surface area contributed by atoms with Crippen molar-refractivity contribution in [2.75, 3.05) is 6.26 Å². The Kier molecular flexibility index (Phi) is 3.77. The van der Waals surface area contributed by atoms with E-state index in [2.05, 4.69) is 4.98 Å². The fourth-order valence-corrected chi connectivity index (χ4v) is 2.99. The van der Waals surface area contributed by atoms with Crippen LogP contribution < -0.4 is 10.5 Å². The van der Waals surface area contributed by atoms with Crippen LogP contribution in [0.15, 0.2) is 47.5 Å². The summed E-state index contributed by atoms with van der Waals surface area (Å²) in [5.41, 5.74) is 6.73. The van der Waals surface area contributed by atoms with Crippen LogP contribution in [-0.2, 0) is 0 Å². The van der Waals surface area contributed by atoms with E-state index in [1.54, 1.807) is 30.5 Å². The zero-order valence-electron chi connectivity index (χ0n) is 11.8. The zero-order chi connectivity index (χ0) is 15.7. The highest BCUT2D eigenvalue weighted by molar-refractivity contribution is 7.99. The molecule has 3 aromatic rings. The Labute approximate surface area is 131 Å². The molecule has 0 spiro atoms. The first-order valence-electron chi connectivity index (χ1n) is 6.56. The molecule has 0 bridgehead atoms. The van der Waals surface area contributed by atoms with Crippen LogP contribution >= 0.6 is 11.8 Å². The quantitative estimate of drug-likeness (QED) is 0.385. The molecular formula is C16H14FN3OS. The van der Waals surface area contributed by atoms with Crippen molar-refractivity contribution in [1.29, 1.82) is 5.41 Å². The molecular weight excluding hydrogens is 301 g/mol. The number of benzene rings is 2. The van der Waals surface area contributed by atoms with Crippen LogP contribution in [0.1, 0.15) is 5.56 Å². The van der Waals surface area contributed by atoms with Crippen LogP contribution in [0.5, 0.6) is 11.5 Å². The minimum Gasteiger partial charge on any atom is -0.453 e. The number of fused-ring (bicyclic) bond motifs is 1. The number of H-pyrrole nitrogens is 1. The lowest BCUT2D eigenvalue weighted by Crippen LogP contribution is -2.10. The fourth-order valence-electron chi connectivity index (χ4n) is 2.27. The fraction of sp³-hybridized carbons (Fsp3) is 0.0625. The van der Waals surface area contributed by atoms with Crippen molar-refractivity contribution in [3.05, 3.63) is 54.0 Å². The minimum absolute atomic E-state index is 0.0582. The highest BCUT2D eigenvalue weighted by Crippen LogP contribution is 2.39. The third kappa shape index (κ3) is 2.53. The maximum atomic E-state index is 14.4. The van der Waals surface area contributed by atoms with Gasteiger partial charge in [-0.25, -0.2) is 4.39 Å². The van der Waals surface area contributed by atoms with Crippen LogP contribution in [0.2, 0.25) is 0 Å². The van der Waals surface area contributed by atoms with Gasteiger partial charge in [-0.1, -0.05) is 12.1 Å². The number of nitrogens with two attached hydrogens (primary N) is 1. The van der Waals surface area contributed by atoms with Crippen molar-refractivity contribution in [3.8, 4) is 11.5 Å². The number of aromatic nitrogens is 1. The van der Waals surface area contributed by atoms with Gasteiger partial charge in [0.05, 0.1) is 4.90 Å². The molecule has 112 valence electrons. The van der Waals surface area contributed by atoms with E-state index in [1.165, 1.54) is 17.8 Å². The molecule has 4 nitrogen and oxygen atoms in total. The van der Waals surface area contributed by atoms with Gasteiger partial charge in [-0.2, -0.15) is 0 Å². The highest BCUT2D eigenvalue weighted by atomic mass is 32.2. The van der Waals surface area contributed by atoms with Gasteiger partial charge in [0.25, 0.3) is 0 Å². The smallest absolute Gasteiger partial charge is 0.177 e. The van der Waals surface area contributed by atoms with E-state index in [9.17, 15) is 4.39 Å². The Hall–Kier alpha value is -2.47. The molecule has 3 rings (SSSR count). The average molecular weight is 315 g/mol. The van der Waals surface area contributed by atoms with E-state index >= 15 is 0 Å². The molecule has 0 unspecified atom stereocenters. The van der Waals surface area contributed by atoms with Crippen molar-refractivity contribution in [1.82, 2.24) is 4.98 Å². The van der Waals surface area contributed by atoms with Gasteiger partial charge in [-0.15, -0.1) is 11.8 Å². The molecule has 0 aliphatic carbocycles. The van der Waals surface area contributed by atoms with E-state index in [-0.39, 0.29) is 11.6 Å². The topological polar surface area (TPSA) is 74.9 Å². The van der Waals surface area contributed by atoms with Crippen LogP contribution in [-0.4, -0.2) is 17.1 Å². The Morgan fingerprint density at radius 1 is 1.32 bits per heavy atom.